The molecule has 3 aliphatic rings. The number of rotatable bonds is 4. The largest absolute Gasteiger partial charge is 0.546 e. The molecule has 1 amide bonds. The summed E-state index contributed by atoms with van der Waals surface area (Å²) in [6.45, 7) is 16.7. The van der Waals surface area contributed by atoms with Gasteiger partial charge in [0.25, 0.3) is 0 Å². The normalized spacial score (nSPS) is 30.7. The van der Waals surface area contributed by atoms with E-state index in [2.05, 4.69) is 31.5 Å². The van der Waals surface area contributed by atoms with E-state index in [0.717, 1.165) is 31.4 Å². The van der Waals surface area contributed by atoms with Crippen molar-refractivity contribution in [1.82, 2.24) is 5.32 Å². The second-order valence-corrected chi connectivity index (χ2v) is 13.3. The van der Waals surface area contributed by atoms with Crippen molar-refractivity contribution in [2.24, 2.45) is 0 Å². The van der Waals surface area contributed by atoms with Gasteiger partial charge < -0.3 is 19.2 Å². The summed E-state index contributed by atoms with van der Waals surface area (Å²) in [5.74, 6) is 0.766. The van der Waals surface area contributed by atoms with Gasteiger partial charge in [-0.05, 0) is 66.1 Å². The van der Waals surface area contributed by atoms with E-state index in [4.69, 9.17) is 13.9 Å². The first-order valence-electron chi connectivity index (χ1n) is 8.38. The van der Waals surface area contributed by atoms with Gasteiger partial charge in [0.1, 0.15) is 17.0 Å². The van der Waals surface area contributed by atoms with E-state index in [-0.39, 0.29) is 17.2 Å². The van der Waals surface area contributed by atoms with Gasteiger partial charge in [-0.3, -0.25) is 0 Å². The summed E-state index contributed by atoms with van der Waals surface area (Å²) >= 11 is 0. The number of carbonyl (C=O) groups is 1. The molecule has 23 heavy (non-hydrogen) atoms. The molecule has 1 aliphatic carbocycles. The van der Waals surface area contributed by atoms with E-state index in [9.17, 15) is 4.79 Å². The highest BCUT2D eigenvalue weighted by Gasteiger charge is 2.53. The molecule has 0 radical (unpaired) electrons. The van der Waals surface area contributed by atoms with Crippen molar-refractivity contribution in [3.8, 4) is 0 Å². The highest BCUT2D eigenvalue weighted by Crippen LogP contribution is 2.47. The van der Waals surface area contributed by atoms with Gasteiger partial charge in [0.15, 0.2) is 0 Å². The summed E-state index contributed by atoms with van der Waals surface area (Å²) in [6.07, 6.45) is 3.01. The molecular formula is C17H31NO4Si. The average molecular weight is 342 g/mol. The average Bonchev–Trinajstić information content (AvgIpc) is 2.35. The molecule has 0 unspecified atom stereocenters. The van der Waals surface area contributed by atoms with E-state index in [1.165, 1.54) is 0 Å². The quantitative estimate of drug-likeness (QED) is 0.621. The van der Waals surface area contributed by atoms with Gasteiger partial charge in [-0.2, -0.15) is 0 Å². The van der Waals surface area contributed by atoms with Crippen LogP contribution in [-0.2, 0) is 13.9 Å². The fourth-order valence-corrected chi connectivity index (χ4v) is 4.13. The highest BCUT2D eigenvalue weighted by atomic mass is 28.4. The highest BCUT2D eigenvalue weighted by molar-refractivity contribution is 6.70. The van der Waals surface area contributed by atoms with Gasteiger partial charge in [-0.25, -0.2) is 4.79 Å². The minimum Gasteiger partial charge on any atom is -0.546 e. The number of nitrogens with one attached hydrogen (secondary N) is 1. The molecule has 0 atom stereocenters. The second kappa shape index (κ2) is 5.81. The molecule has 2 saturated heterocycles. The zero-order valence-electron chi connectivity index (χ0n) is 15.4. The predicted molar refractivity (Wildman–Crippen MR) is 92.8 cm³/mol. The minimum absolute atomic E-state index is 0.316. The number of alkyl carbamates (subject to hydrolysis) is 1. The Kier molecular flexibility index (Phi) is 4.63. The molecule has 3 fully saturated rings. The predicted octanol–water partition coefficient (Wildman–Crippen LogP) is 3.96. The first kappa shape index (κ1) is 18.3. The zero-order valence-corrected chi connectivity index (χ0v) is 16.4. The lowest BCUT2D eigenvalue weighted by molar-refractivity contribution is -0.153. The number of hydrogen-bond donors (Lipinski definition) is 1. The van der Waals surface area contributed by atoms with Crippen molar-refractivity contribution < 1.29 is 18.7 Å². The van der Waals surface area contributed by atoms with E-state index in [1.54, 1.807) is 0 Å². The molecule has 1 N–H and O–H groups in total. The SMILES string of the molecule is C=C(O[Si](C)(C)C)C12CCC(NC(=O)OC(C)(C)C)(CC1)CO2. The van der Waals surface area contributed by atoms with Gasteiger partial charge in [0, 0.05) is 0 Å². The van der Waals surface area contributed by atoms with Crippen LogP contribution >= 0.6 is 0 Å². The van der Waals surface area contributed by atoms with Crippen molar-refractivity contribution in [2.45, 2.75) is 82.8 Å². The van der Waals surface area contributed by atoms with Crippen molar-refractivity contribution in [1.29, 1.82) is 0 Å². The number of amides is 1. The molecule has 5 nitrogen and oxygen atoms in total. The van der Waals surface area contributed by atoms with Crippen molar-refractivity contribution in [3.05, 3.63) is 12.3 Å². The standard InChI is InChI=1S/C17H31NO4Si/c1-13(22-23(5,6)7)17-10-8-16(9-11-17,12-20-17)18-14(19)21-15(2,3)4/h1,8-12H2,2-7H3,(H,18,19). The van der Waals surface area contributed by atoms with Crippen LogP contribution in [0.5, 0.6) is 0 Å². The Balaban J connectivity index is 1.97. The fraction of sp³-hybridized carbons (Fsp3) is 0.824. The van der Waals surface area contributed by atoms with Crippen molar-refractivity contribution in [2.75, 3.05) is 6.61 Å². The monoisotopic (exact) mass is 341 g/mol. The zero-order chi connectivity index (χ0) is 17.5. The summed E-state index contributed by atoms with van der Waals surface area (Å²) in [5, 5.41) is 3.03. The molecule has 2 bridgehead atoms. The molecule has 6 heteroatoms. The van der Waals surface area contributed by atoms with Gasteiger partial charge >= 0.3 is 6.09 Å². The number of fused-ring (bicyclic) bond motifs is 3. The van der Waals surface area contributed by atoms with Gasteiger partial charge in [-0.1, -0.05) is 6.58 Å². The number of hydrogen-bond acceptors (Lipinski definition) is 4. The van der Waals surface area contributed by atoms with Crippen LogP contribution in [0.3, 0.4) is 0 Å². The maximum atomic E-state index is 12.1. The smallest absolute Gasteiger partial charge is 0.408 e. The lowest BCUT2D eigenvalue weighted by Crippen LogP contribution is -2.64. The third kappa shape index (κ3) is 4.50. The topological polar surface area (TPSA) is 56.8 Å². The van der Waals surface area contributed by atoms with Gasteiger partial charge in [0.2, 0.25) is 8.32 Å². The van der Waals surface area contributed by atoms with Crippen LogP contribution in [0.2, 0.25) is 19.6 Å². The molecule has 0 aromatic carbocycles. The Morgan fingerprint density at radius 3 is 2.13 bits per heavy atom. The van der Waals surface area contributed by atoms with Gasteiger partial charge in [0.05, 0.1) is 12.1 Å². The van der Waals surface area contributed by atoms with Crippen LogP contribution in [0.15, 0.2) is 12.3 Å². The summed E-state index contributed by atoms with van der Waals surface area (Å²) in [7, 11) is -1.69. The van der Waals surface area contributed by atoms with Crippen LogP contribution in [-0.4, -0.2) is 37.8 Å². The second-order valence-electron chi connectivity index (χ2n) is 8.83. The van der Waals surface area contributed by atoms with E-state index >= 15 is 0 Å². The lowest BCUT2D eigenvalue weighted by Gasteiger charge is -2.53. The molecule has 0 aromatic rings. The summed E-state index contributed by atoms with van der Waals surface area (Å²) in [6, 6.07) is 0. The molecule has 2 aliphatic heterocycles. The van der Waals surface area contributed by atoms with Crippen LogP contribution in [0.1, 0.15) is 46.5 Å². The molecule has 3 rings (SSSR count). The van der Waals surface area contributed by atoms with Crippen LogP contribution < -0.4 is 5.32 Å². The summed E-state index contributed by atoms with van der Waals surface area (Å²) in [4.78, 5) is 12.1. The first-order valence-corrected chi connectivity index (χ1v) is 11.8. The minimum atomic E-state index is -1.69. The van der Waals surface area contributed by atoms with Crippen LogP contribution in [0.25, 0.3) is 0 Å². The van der Waals surface area contributed by atoms with E-state index in [0.29, 0.717) is 6.61 Å². The number of carbonyl (C=O) groups excluding carboxylic acids is 1. The van der Waals surface area contributed by atoms with Crippen molar-refractivity contribution in [3.63, 3.8) is 0 Å². The Morgan fingerprint density at radius 1 is 1.17 bits per heavy atom. The molecule has 0 aromatic heterocycles. The van der Waals surface area contributed by atoms with Crippen LogP contribution in [0.4, 0.5) is 4.79 Å². The van der Waals surface area contributed by atoms with E-state index < -0.39 is 13.9 Å². The fourth-order valence-electron chi connectivity index (χ4n) is 3.20. The maximum absolute atomic E-state index is 12.1. The maximum Gasteiger partial charge on any atom is 0.408 e. The lowest BCUT2D eigenvalue weighted by atomic mass is 9.70. The van der Waals surface area contributed by atoms with Crippen molar-refractivity contribution >= 4 is 14.4 Å². The first-order chi connectivity index (χ1) is 10.4. The molecule has 2 heterocycles. The molecule has 0 spiro atoms. The third-order valence-electron chi connectivity index (χ3n) is 4.34. The van der Waals surface area contributed by atoms with Crippen LogP contribution in [0, 0.1) is 0 Å². The summed E-state index contributed by atoms with van der Waals surface area (Å²) in [5.41, 5.74) is -1.19. The Hall–Kier alpha value is -1.01. The Bertz CT molecular complexity index is 465. The number of ether oxygens (including phenoxy) is 2. The molecular weight excluding hydrogens is 310 g/mol. The Morgan fingerprint density at radius 2 is 1.74 bits per heavy atom. The molecule has 132 valence electrons. The summed E-state index contributed by atoms with van der Waals surface area (Å²) < 4.78 is 17.6. The Labute approximate surface area is 140 Å². The van der Waals surface area contributed by atoms with E-state index in [1.807, 2.05) is 20.8 Å². The molecule has 1 saturated carbocycles. The third-order valence-corrected chi connectivity index (χ3v) is 5.20. The van der Waals surface area contributed by atoms with Gasteiger partial charge in [-0.15, -0.1) is 0 Å².